The normalized spacial score (nSPS) is 12.9. The fraction of sp³-hybridized carbons (Fsp3) is 0.286. The molecule has 0 saturated heterocycles. The largest absolute Gasteiger partial charge is 0.369 e. The minimum atomic E-state index is -1.25. The molecule has 0 fully saturated rings. The Morgan fingerprint density at radius 2 is 1.16 bits per heavy atom. The fourth-order valence-electron chi connectivity index (χ4n) is 5.74. The van der Waals surface area contributed by atoms with Crippen LogP contribution in [0.2, 0.25) is 0 Å². The first-order valence-electron chi connectivity index (χ1n) is 17.0. The lowest BCUT2D eigenvalue weighted by Crippen LogP contribution is -2.52. The quantitative estimate of drug-likeness (QED) is 0.125. The number of rotatable bonds is 18. The third-order valence-corrected chi connectivity index (χ3v) is 8.87. The van der Waals surface area contributed by atoms with E-state index in [9.17, 15) is 28.8 Å². The summed E-state index contributed by atoms with van der Waals surface area (Å²) in [6.07, 6.45) is 0.167. The van der Waals surface area contributed by atoms with Crippen molar-refractivity contribution in [1.29, 1.82) is 0 Å². The molecule has 3 atom stereocenters. The molecule has 9 heteroatoms. The topological polar surface area (TPSA) is 152 Å². The molecule has 4 aromatic carbocycles. The lowest BCUT2D eigenvalue weighted by molar-refractivity contribution is -0.141. The Kier molecular flexibility index (Phi) is 13.3. The molecule has 0 aliphatic heterocycles. The molecule has 264 valence electrons. The number of carbonyl (C=O) groups excluding carboxylic acids is 6. The maximum atomic E-state index is 13.5. The van der Waals surface area contributed by atoms with Gasteiger partial charge >= 0.3 is 0 Å². The molecule has 0 radical (unpaired) electrons. The van der Waals surface area contributed by atoms with Crippen LogP contribution in [0.25, 0.3) is 11.1 Å². The highest BCUT2D eigenvalue weighted by Crippen LogP contribution is 2.23. The highest BCUT2D eigenvalue weighted by Gasteiger charge is 2.34. The van der Waals surface area contributed by atoms with Crippen molar-refractivity contribution in [2.45, 2.75) is 65.0 Å². The Bertz CT molecular complexity index is 1820. The number of primary amides is 1. The number of amides is 3. The zero-order chi connectivity index (χ0) is 37.0. The summed E-state index contributed by atoms with van der Waals surface area (Å²) in [5.74, 6) is -4.61. The van der Waals surface area contributed by atoms with Crippen LogP contribution in [0.5, 0.6) is 0 Å². The summed E-state index contributed by atoms with van der Waals surface area (Å²) >= 11 is 0. The number of hydrogen-bond acceptors (Lipinski definition) is 6. The van der Waals surface area contributed by atoms with Gasteiger partial charge in [-0.3, -0.25) is 28.8 Å². The minimum absolute atomic E-state index is 0.0575. The van der Waals surface area contributed by atoms with Gasteiger partial charge in [0.05, 0.1) is 17.5 Å². The average molecular weight is 688 g/mol. The van der Waals surface area contributed by atoms with Gasteiger partial charge in [0, 0.05) is 25.2 Å². The van der Waals surface area contributed by atoms with Gasteiger partial charge in [-0.2, -0.15) is 0 Å². The second-order valence-corrected chi connectivity index (χ2v) is 13.6. The number of ketones is 3. The Morgan fingerprint density at radius 1 is 0.647 bits per heavy atom. The summed E-state index contributed by atoms with van der Waals surface area (Å²) in [5, 5.41) is 5.19. The van der Waals surface area contributed by atoms with Gasteiger partial charge in [-0.1, -0.05) is 129 Å². The molecule has 0 aliphatic carbocycles. The Balaban J connectivity index is 1.46. The van der Waals surface area contributed by atoms with Crippen LogP contribution in [-0.2, 0) is 48.0 Å². The van der Waals surface area contributed by atoms with Gasteiger partial charge < -0.3 is 16.4 Å². The van der Waals surface area contributed by atoms with E-state index in [0.29, 0.717) is 0 Å². The first kappa shape index (κ1) is 38.1. The van der Waals surface area contributed by atoms with Crippen molar-refractivity contribution < 1.29 is 28.8 Å². The van der Waals surface area contributed by atoms with Gasteiger partial charge in [0.25, 0.3) is 5.91 Å². The van der Waals surface area contributed by atoms with Crippen LogP contribution in [-0.4, -0.2) is 47.2 Å². The maximum Gasteiger partial charge on any atom is 0.290 e. The van der Waals surface area contributed by atoms with E-state index in [1.165, 1.54) is 6.92 Å². The molecular weight excluding hydrogens is 642 g/mol. The summed E-state index contributed by atoms with van der Waals surface area (Å²) in [6.45, 7) is 4.47. The summed E-state index contributed by atoms with van der Waals surface area (Å²) < 4.78 is 0. The third kappa shape index (κ3) is 11.4. The molecule has 3 unspecified atom stereocenters. The Labute approximate surface area is 299 Å². The first-order valence-corrected chi connectivity index (χ1v) is 17.0. The molecule has 0 spiro atoms. The van der Waals surface area contributed by atoms with E-state index < -0.39 is 52.7 Å². The number of nitrogens with two attached hydrogens (primary N) is 1. The third-order valence-electron chi connectivity index (χ3n) is 8.87. The minimum Gasteiger partial charge on any atom is -0.369 e. The van der Waals surface area contributed by atoms with E-state index in [2.05, 4.69) is 10.6 Å². The van der Waals surface area contributed by atoms with E-state index in [4.69, 9.17) is 5.73 Å². The lowest BCUT2D eigenvalue weighted by atomic mass is 9.83. The van der Waals surface area contributed by atoms with Gasteiger partial charge in [-0.05, 0) is 47.6 Å². The molecule has 0 heterocycles. The van der Waals surface area contributed by atoms with E-state index >= 15 is 0 Å². The van der Waals surface area contributed by atoms with Crippen LogP contribution >= 0.6 is 0 Å². The molecule has 3 amide bonds. The second-order valence-electron chi connectivity index (χ2n) is 13.6. The molecule has 0 saturated carbocycles. The highest BCUT2D eigenvalue weighted by molar-refractivity contribution is 6.38. The standard InChI is InChI=1S/C42H45N3O6/c1-28(44-39(49)34(23-29-13-7-4-8-14-29)26-35(46)24-30-15-9-5-10-16-30)38(48)40(50)45-36(37(47)27-42(2,3)41(43)51)25-31-19-21-33(22-20-31)32-17-11-6-12-18-32/h4-22,28,34,36H,23-27H2,1-3H3,(H2,43,51)(H,44,49)(H,45,50). The van der Waals surface area contributed by atoms with E-state index in [-0.39, 0.29) is 37.9 Å². The molecule has 4 aromatic rings. The number of nitrogens with one attached hydrogen (secondary N) is 2. The molecular formula is C42H45N3O6. The lowest BCUT2D eigenvalue weighted by Gasteiger charge is -2.25. The van der Waals surface area contributed by atoms with E-state index in [1.54, 1.807) is 13.8 Å². The van der Waals surface area contributed by atoms with Gasteiger partial charge in [0.1, 0.15) is 5.78 Å². The summed E-state index contributed by atoms with van der Waals surface area (Å²) in [7, 11) is 0. The molecule has 0 aromatic heterocycles. The van der Waals surface area contributed by atoms with Crippen molar-refractivity contribution in [3.63, 3.8) is 0 Å². The van der Waals surface area contributed by atoms with Crippen LogP contribution < -0.4 is 16.4 Å². The van der Waals surface area contributed by atoms with Crippen molar-refractivity contribution in [3.05, 3.63) is 132 Å². The SMILES string of the molecule is CC(NC(=O)C(CC(=O)Cc1ccccc1)Cc1ccccc1)C(=O)C(=O)NC(Cc1ccc(-c2ccccc2)cc1)C(=O)CC(C)(C)C(N)=O. The highest BCUT2D eigenvalue weighted by atomic mass is 16.2. The smallest absolute Gasteiger partial charge is 0.290 e. The molecule has 4 rings (SSSR count). The number of hydrogen-bond donors (Lipinski definition) is 3. The van der Waals surface area contributed by atoms with Crippen molar-refractivity contribution >= 4 is 35.1 Å². The van der Waals surface area contributed by atoms with Crippen molar-refractivity contribution in [3.8, 4) is 11.1 Å². The molecule has 4 N–H and O–H groups in total. The first-order chi connectivity index (χ1) is 24.3. The molecule has 9 nitrogen and oxygen atoms in total. The number of Topliss-reactive ketones (excluding diaryl/α,β-unsaturated/α-hetero) is 3. The number of carbonyl (C=O) groups is 6. The van der Waals surface area contributed by atoms with Crippen molar-refractivity contribution in [1.82, 2.24) is 10.6 Å². The monoisotopic (exact) mass is 687 g/mol. The Morgan fingerprint density at radius 3 is 1.73 bits per heavy atom. The van der Waals surface area contributed by atoms with Gasteiger partial charge in [-0.15, -0.1) is 0 Å². The van der Waals surface area contributed by atoms with E-state index in [0.717, 1.165) is 27.8 Å². The predicted molar refractivity (Wildman–Crippen MR) is 196 cm³/mol. The number of benzene rings is 4. The van der Waals surface area contributed by atoms with Crippen molar-refractivity contribution in [2.75, 3.05) is 0 Å². The van der Waals surface area contributed by atoms with Crippen LogP contribution in [0.3, 0.4) is 0 Å². The van der Waals surface area contributed by atoms with Gasteiger partial charge in [0.2, 0.25) is 17.6 Å². The van der Waals surface area contributed by atoms with Gasteiger partial charge in [0.15, 0.2) is 5.78 Å². The molecule has 51 heavy (non-hydrogen) atoms. The Hall–Kier alpha value is -5.70. The molecule has 0 aliphatic rings. The average Bonchev–Trinajstić information content (AvgIpc) is 3.12. The van der Waals surface area contributed by atoms with Crippen LogP contribution in [0.4, 0.5) is 0 Å². The van der Waals surface area contributed by atoms with Crippen LogP contribution in [0.15, 0.2) is 115 Å². The van der Waals surface area contributed by atoms with E-state index in [1.807, 2.05) is 115 Å². The van der Waals surface area contributed by atoms with Gasteiger partial charge in [-0.25, -0.2) is 0 Å². The van der Waals surface area contributed by atoms with Crippen LogP contribution in [0.1, 0.15) is 50.3 Å². The zero-order valence-electron chi connectivity index (χ0n) is 29.3. The predicted octanol–water partition coefficient (Wildman–Crippen LogP) is 4.99. The van der Waals surface area contributed by atoms with Crippen LogP contribution in [0, 0.1) is 11.3 Å². The zero-order valence-corrected chi connectivity index (χ0v) is 29.3. The summed E-state index contributed by atoms with van der Waals surface area (Å²) in [4.78, 5) is 78.8. The second kappa shape index (κ2) is 17.8. The summed E-state index contributed by atoms with van der Waals surface area (Å²) in [6, 6.07) is 33.3. The summed E-state index contributed by atoms with van der Waals surface area (Å²) in [5.41, 5.74) is 8.72. The molecule has 0 bridgehead atoms. The fourth-order valence-corrected chi connectivity index (χ4v) is 5.74. The maximum absolute atomic E-state index is 13.5. The van der Waals surface area contributed by atoms with Crippen molar-refractivity contribution in [2.24, 2.45) is 17.1 Å².